The Hall–Kier alpha value is -3.22. The topological polar surface area (TPSA) is 85.9 Å². The van der Waals surface area contributed by atoms with E-state index in [4.69, 9.17) is 14.2 Å². The number of hydrogen-bond donors (Lipinski definition) is 2. The van der Waals surface area contributed by atoms with Crippen LogP contribution in [0.5, 0.6) is 17.2 Å². The predicted octanol–water partition coefficient (Wildman–Crippen LogP) is 1.98. The van der Waals surface area contributed by atoms with Gasteiger partial charge in [-0.25, -0.2) is 0 Å². The van der Waals surface area contributed by atoms with Crippen LogP contribution in [0.3, 0.4) is 0 Å². The van der Waals surface area contributed by atoms with Crippen LogP contribution in [-0.4, -0.2) is 37.7 Å². The Balaban J connectivity index is 1.40. The van der Waals surface area contributed by atoms with Crippen LogP contribution in [-0.2, 0) is 9.59 Å². The maximum absolute atomic E-state index is 11.9. The Morgan fingerprint density at radius 3 is 2.58 bits per heavy atom. The Morgan fingerprint density at radius 2 is 1.85 bits per heavy atom. The first kappa shape index (κ1) is 17.6. The summed E-state index contributed by atoms with van der Waals surface area (Å²) in [5.74, 6) is 1.53. The summed E-state index contributed by atoms with van der Waals surface area (Å²) in [6.45, 7) is 2.04. The van der Waals surface area contributed by atoms with Crippen molar-refractivity contribution in [1.82, 2.24) is 5.32 Å². The highest BCUT2D eigenvalue weighted by molar-refractivity contribution is 5.88. The van der Waals surface area contributed by atoms with Gasteiger partial charge in [-0.15, -0.1) is 0 Å². The molecule has 26 heavy (non-hydrogen) atoms. The Labute approximate surface area is 151 Å². The number of para-hydroxylation sites is 2. The molecule has 0 fully saturated rings. The van der Waals surface area contributed by atoms with Crippen molar-refractivity contribution in [3.63, 3.8) is 0 Å². The second kappa shape index (κ2) is 8.24. The molecule has 0 radical (unpaired) electrons. The lowest BCUT2D eigenvalue weighted by molar-refractivity contribution is -0.123. The summed E-state index contributed by atoms with van der Waals surface area (Å²) in [5.41, 5.74) is 0.670. The van der Waals surface area contributed by atoms with Gasteiger partial charge in [0.15, 0.2) is 18.1 Å². The molecule has 1 heterocycles. The lowest BCUT2D eigenvalue weighted by atomic mass is 10.2. The number of carbonyl (C=O) groups is 2. The number of hydrogen-bond acceptors (Lipinski definition) is 5. The van der Waals surface area contributed by atoms with Crippen LogP contribution in [0, 0.1) is 0 Å². The number of amides is 2. The Bertz CT molecular complexity index is 776. The second-order valence-corrected chi connectivity index (χ2v) is 5.80. The minimum Gasteiger partial charge on any atom is -0.486 e. The van der Waals surface area contributed by atoms with E-state index in [1.165, 1.54) is 6.92 Å². The largest absolute Gasteiger partial charge is 0.486 e. The molecule has 2 aromatic rings. The maximum atomic E-state index is 11.9. The van der Waals surface area contributed by atoms with Gasteiger partial charge in [0.05, 0.1) is 6.54 Å². The molecule has 0 aromatic heterocycles. The molecular formula is C19H20N2O5. The normalized spacial score (nSPS) is 15.0. The van der Waals surface area contributed by atoms with Crippen molar-refractivity contribution < 1.29 is 23.8 Å². The molecule has 7 heteroatoms. The zero-order valence-electron chi connectivity index (χ0n) is 14.4. The second-order valence-electron chi connectivity index (χ2n) is 5.80. The molecule has 0 saturated heterocycles. The third kappa shape index (κ3) is 4.89. The molecule has 2 aromatic carbocycles. The van der Waals surface area contributed by atoms with Crippen LogP contribution in [0.15, 0.2) is 48.5 Å². The molecule has 1 atom stereocenters. The third-order valence-corrected chi connectivity index (χ3v) is 3.64. The fourth-order valence-corrected chi connectivity index (χ4v) is 2.43. The molecular weight excluding hydrogens is 336 g/mol. The number of carbonyl (C=O) groups excluding carboxylic acids is 2. The zero-order valence-corrected chi connectivity index (χ0v) is 14.4. The van der Waals surface area contributed by atoms with Gasteiger partial charge in [0.2, 0.25) is 5.91 Å². The molecule has 0 spiro atoms. The van der Waals surface area contributed by atoms with Gasteiger partial charge in [0, 0.05) is 12.6 Å². The Morgan fingerprint density at radius 1 is 1.12 bits per heavy atom. The molecule has 1 unspecified atom stereocenters. The molecule has 0 saturated carbocycles. The van der Waals surface area contributed by atoms with Crippen molar-refractivity contribution in [2.75, 3.05) is 25.1 Å². The summed E-state index contributed by atoms with van der Waals surface area (Å²) in [6.07, 6.45) is -0.245. The predicted molar refractivity (Wildman–Crippen MR) is 95.6 cm³/mol. The quantitative estimate of drug-likeness (QED) is 0.827. The van der Waals surface area contributed by atoms with E-state index >= 15 is 0 Å². The van der Waals surface area contributed by atoms with E-state index in [0.717, 1.165) is 0 Å². The van der Waals surface area contributed by atoms with Crippen LogP contribution < -0.4 is 24.8 Å². The summed E-state index contributed by atoms with van der Waals surface area (Å²) < 4.78 is 16.8. The van der Waals surface area contributed by atoms with Crippen molar-refractivity contribution in [3.05, 3.63) is 48.5 Å². The van der Waals surface area contributed by atoms with Gasteiger partial charge in [-0.3, -0.25) is 9.59 Å². The summed E-state index contributed by atoms with van der Waals surface area (Å²) in [6, 6.07) is 14.2. The molecule has 1 aliphatic rings. The highest BCUT2D eigenvalue weighted by Crippen LogP contribution is 2.30. The van der Waals surface area contributed by atoms with Gasteiger partial charge in [-0.1, -0.05) is 12.1 Å². The van der Waals surface area contributed by atoms with Crippen LogP contribution >= 0.6 is 0 Å². The van der Waals surface area contributed by atoms with Gasteiger partial charge in [0.1, 0.15) is 18.5 Å². The van der Waals surface area contributed by atoms with Crippen molar-refractivity contribution in [2.24, 2.45) is 0 Å². The first-order valence-corrected chi connectivity index (χ1v) is 8.26. The molecule has 1 aliphatic heterocycles. The van der Waals surface area contributed by atoms with Crippen LogP contribution in [0.4, 0.5) is 5.69 Å². The zero-order chi connectivity index (χ0) is 18.4. The van der Waals surface area contributed by atoms with Crippen molar-refractivity contribution in [1.29, 1.82) is 0 Å². The number of fused-ring (bicyclic) bond motifs is 1. The van der Waals surface area contributed by atoms with Crippen LogP contribution in [0.25, 0.3) is 0 Å². The SMILES string of the molecule is CC(=O)Nc1ccc(OCC(=O)NCC2COc3ccccc3O2)cc1. The van der Waals surface area contributed by atoms with Gasteiger partial charge in [0.25, 0.3) is 5.91 Å². The first-order valence-electron chi connectivity index (χ1n) is 8.26. The standard InChI is InChI=1S/C19H20N2O5/c1-13(22)21-14-6-8-15(9-7-14)24-12-19(23)20-10-16-11-25-17-4-2-3-5-18(17)26-16/h2-9,16H,10-12H2,1H3,(H,20,23)(H,21,22). The minimum absolute atomic E-state index is 0.107. The number of nitrogens with one attached hydrogen (secondary N) is 2. The molecule has 3 rings (SSSR count). The summed E-state index contributed by atoms with van der Waals surface area (Å²) in [7, 11) is 0. The smallest absolute Gasteiger partial charge is 0.258 e. The number of anilines is 1. The number of ether oxygens (including phenoxy) is 3. The average Bonchev–Trinajstić information content (AvgIpc) is 2.65. The van der Waals surface area contributed by atoms with E-state index in [1.54, 1.807) is 24.3 Å². The fraction of sp³-hybridized carbons (Fsp3) is 0.263. The third-order valence-electron chi connectivity index (χ3n) is 3.64. The van der Waals surface area contributed by atoms with Crippen molar-refractivity contribution in [2.45, 2.75) is 13.0 Å². The van der Waals surface area contributed by atoms with E-state index < -0.39 is 0 Å². The van der Waals surface area contributed by atoms with Crippen molar-refractivity contribution in [3.8, 4) is 17.2 Å². The number of benzene rings is 2. The van der Waals surface area contributed by atoms with E-state index in [9.17, 15) is 9.59 Å². The minimum atomic E-state index is -0.251. The van der Waals surface area contributed by atoms with Crippen LogP contribution in [0.1, 0.15) is 6.92 Å². The van der Waals surface area contributed by atoms with E-state index in [-0.39, 0.29) is 24.5 Å². The van der Waals surface area contributed by atoms with Gasteiger partial charge in [-0.05, 0) is 36.4 Å². The summed E-state index contributed by atoms with van der Waals surface area (Å²) in [4.78, 5) is 22.9. The molecule has 7 nitrogen and oxygen atoms in total. The molecule has 2 amide bonds. The monoisotopic (exact) mass is 356 g/mol. The summed E-state index contributed by atoms with van der Waals surface area (Å²) in [5, 5.41) is 5.43. The molecule has 0 bridgehead atoms. The fourth-order valence-electron chi connectivity index (χ4n) is 2.43. The molecule has 136 valence electrons. The first-order chi connectivity index (χ1) is 12.6. The van der Waals surface area contributed by atoms with Gasteiger partial charge >= 0.3 is 0 Å². The van der Waals surface area contributed by atoms with Gasteiger partial charge < -0.3 is 24.8 Å². The molecule has 0 aliphatic carbocycles. The summed E-state index contributed by atoms with van der Waals surface area (Å²) >= 11 is 0. The lowest BCUT2D eigenvalue weighted by Crippen LogP contribution is -2.42. The van der Waals surface area contributed by atoms with E-state index in [2.05, 4.69) is 10.6 Å². The average molecular weight is 356 g/mol. The molecule has 2 N–H and O–H groups in total. The van der Waals surface area contributed by atoms with Crippen molar-refractivity contribution >= 4 is 17.5 Å². The Kier molecular flexibility index (Phi) is 5.58. The van der Waals surface area contributed by atoms with E-state index in [1.807, 2.05) is 24.3 Å². The van der Waals surface area contributed by atoms with Crippen LogP contribution in [0.2, 0.25) is 0 Å². The number of rotatable bonds is 6. The highest BCUT2D eigenvalue weighted by atomic mass is 16.6. The lowest BCUT2D eigenvalue weighted by Gasteiger charge is -2.26. The van der Waals surface area contributed by atoms with Gasteiger partial charge in [-0.2, -0.15) is 0 Å². The van der Waals surface area contributed by atoms with E-state index in [0.29, 0.717) is 36.1 Å². The highest BCUT2D eigenvalue weighted by Gasteiger charge is 2.21. The maximum Gasteiger partial charge on any atom is 0.258 e.